The van der Waals surface area contributed by atoms with Crippen molar-refractivity contribution in [2.75, 3.05) is 12.0 Å². The van der Waals surface area contributed by atoms with Gasteiger partial charge in [-0.25, -0.2) is 9.66 Å². The predicted molar refractivity (Wildman–Crippen MR) is 85.3 cm³/mol. The molecule has 2 aromatic carbocycles. The van der Waals surface area contributed by atoms with Crippen LogP contribution in [0.4, 0.5) is 0 Å². The monoisotopic (exact) mass is 295 g/mol. The highest BCUT2D eigenvalue weighted by Crippen LogP contribution is 2.11. The summed E-state index contributed by atoms with van der Waals surface area (Å²) in [5, 5.41) is 0. The van der Waals surface area contributed by atoms with Crippen molar-refractivity contribution in [1.29, 1.82) is 0 Å². The van der Waals surface area contributed by atoms with Crippen LogP contribution in [0, 0.1) is 0 Å². The summed E-state index contributed by atoms with van der Waals surface area (Å²) in [6.07, 6.45) is 2.68. The zero-order valence-corrected chi connectivity index (χ0v) is 12.1. The van der Waals surface area contributed by atoms with Gasteiger partial charge in [-0.3, -0.25) is 10.2 Å². The fraction of sp³-hybridized carbons (Fsp3) is 0.176. The minimum absolute atomic E-state index is 0.0557. The molecule has 0 spiro atoms. The van der Waals surface area contributed by atoms with E-state index in [2.05, 4.69) is 10.4 Å². The number of carbonyl (C=O) groups is 1. The first-order chi connectivity index (χ1) is 10.8. The third-order valence-corrected chi connectivity index (χ3v) is 3.26. The molecule has 0 fully saturated rings. The van der Waals surface area contributed by atoms with Gasteiger partial charge >= 0.3 is 0 Å². The lowest BCUT2D eigenvalue weighted by Gasteiger charge is -2.08. The van der Waals surface area contributed by atoms with Crippen LogP contribution >= 0.6 is 0 Å². The molecule has 1 aromatic heterocycles. The van der Waals surface area contributed by atoms with Crippen molar-refractivity contribution in [3.8, 4) is 5.75 Å². The van der Waals surface area contributed by atoms with E-state index in [0.717, 1.165) is 16.8 Å². The number of hydrogen-bond acceptors (Lipinski definition) is 3. The number of fused-ring (bicyclic) bond motifs is 1. The number of benzene rings is 2. The topological polar surface area (TPSA) is 56.1 Å². The molecule has 112 valence electrons. The Morgan fingerprint density at radius 1 is 1.09 bits per heavy atom. The van der Waals surface area contributed by atoms with E-state index in [4.69, 9.17) is 4.74 Å². The van der Waals surface area contributed by atoms with Gasteiger partial charge in [0, 0.05) is 6.42 Å². The first-order valence-corrected chi connectivity index (χ1v) is 7.23. The zero-order valence-electron chi connectivity index (χ0n) is 12.1. The molecule has 1 heterocycles. The summed E-state index contributed by atoms with van der Waals surface area (Å²) in [5.41, 5.74) is 4.57. The predicted octanol–water partition coefficient (Wildman–Crippen LogP) is 2.97. The van der Waals surface area contributed by atoms with Crippen LogP contribution in [0.25, 0.3) is 11.0 Å². The average molecular weight is 295 g/mol. The Bertz CT molecular complexity index is 753. The lowest BCUT2D eigenvalue weighted by Crippen LogP contribution is -2.22. The molecule has 0 aliphatic heterocycles. The summed E-state index contributed by atoms with van der Waals surface area (Å²) in [5.74, 6) is 0.767. The maximum Gasteiger partial charge on any atom is 0.238 e. The number of para-hydroxylation sites is 3. The Kier molecular flexibility index (Phi) is 4.34. The van der Waals surface area contributed by atoms with Gasteiger partial charge in [0.05, 0.1) is 17.6 Å². The Balaban J connectivity index is 1.47. The van der Waals surface area contributed by atoms with Crippen molar-refractivity contribution in [2.45, 2.75) is 12.8 Å². The largest absolute Gasteiger partial charge is 0.494 e. The van der Waals surface area contributed by atoms with Crippen LogP contribution in [-0.4, -0.2) is 22.2 Å². The molecule has 5 heteroatoms. The number of nitrogens with zero attached hydrogens (tertiary/aromatic N) is 2. The highest BCUT2D eigenvalue weighted by molar-refractivity contribution is 5.86. The minimum Gasteiger partial charge on any atom is -0.494 e. The van der Waals surface area contributed by atoms with Crippen LogP contribution < -0.4 is 10.2 Å². The van der Waals surface area contributed by atoms with E-state index in [1.165, 1.54) is 0 Å². The molecule has 3 rings (SSSR count). The molecule has 0 aliphatic rings. The molecule has 3 aromatic rings. The van der Waals surface area contributed by atoms with Gasteiger partial charge in [-0.05, 0) is 30.7 Å². The van der Waals surface area contributed by atoms with Crippen molar-refractivity contribution < 1.29 is 9.53 Å². The van der Waals surface area contributed by atoms with Crippen molar-refractivity contribution in [2.24, 2.45) is 0 Å². The van der Waals surface area contributed by atoms with E-state index < -0.39 is 0 Å². The zero-order chi connectivity index (χ0) is 15.2. The summed E-state index contributed by atoms with van der Waals surface area (Å²) in [7, 11) is 0. The summed E-state index contributed by atoms with van der Waals surface area (Å²) >= 11 is 0. The van der Waals surface area contributed by atoms with Crippen molar-refractivity contribution in [3.05, 3.63) is 60.9 Å². The maximum atomic E-state index is 12.0. The van der Waals surface area contributed by atoms with Crippen LogP contribution in [0.15, 0.2) is 60.9 Å². The van der Waals surface area contributed by atoms with Gasteiger partial charge < -0.3 is 4.74 Å². The smallest absolute Gasteiger partial charge is 0.238 e. The standard InChI is InChI=1S/C17H17N3O2/c21-17(11-6-12-22-14-7-2-1-3-8-14)19-20-13-18-15-9-4-5-10-16(15)20/h1-5,7-10,13H,6,11-12H2,(H,19,21). The molecule has 0 unspecified atom stereocenters. The molecule has 0 radical (unpaired) electrons. The number of rotatable bonds is 6. The van der Waals surface area contributed by atoms with Crippen LogP contribution in [0.3, 0.4) is 0 Å². The van der Waals surface area contributed by atoms with Crippen LogP contribution in [0.2, 0.25) is 0 Å². The summed E-state index contributed by atoms with van der Waals surface area (Å²) < 4.78 is 7.21. The van der Waals surface area contributed by atoms with Crippen LogP contribution in [0.1, 0.15) is 12.8 Å². The van der Waals surface area contributed by atoms with E-state index in [0.29, 0.717) is 19.4 Å². The fourth-order valence-electron chi connectivity index (χ4n) is 2.18. The van der Waals surface area contributed by atoms with Crippen LogP contribution in [0.5, 0.6) is 5.75 Å². The number of aromatic nitrogens is 2. The molecule has 1 amide bonds. The normalized spacial score (nSPS) is 10.5. The average Bonchev–Trinajstić information content (AvgIpc) is 2.96. The molecular weight excluding hydrogens is 278 g/mol. The number of imidazole rings is 1. The first kappa shape index (κ1) is 14.1. The highest BCUT2D eigenvalue weighted by atomic mass is 16.5. The Morgan fingerprint density at radius 3 is 2.73 bits per heavy atom. The van der Waals surface area contributed by atoms with Gasteiger partial charge in [-0.1, -0.05) is 30.3 Å². The van der Waals surface area contributed by atoms with E-state index >= 15 is 0 Å². The molecule has 22 heavy (non-hydrogen) atoms. The van der Waals surface area contributed by atoms with Crippen molar-refractivity contribution >= 4 is 16.9 Å². The molecular formula is C17H17N3O2. The lowest BCUT2D eigenvalue weighted by molar-refractivity contribution is -0.117. The number of nitrogens with one attached hydrogen (secondary N) is 1. The SMILES string of the molecule is O=C(CCCOc1ccccc1)Nn1cnc2ccccc21. The molecule has 0 bridgehead atoms. The number of ether oxygens (including phenoxy) is 1. The molecule has 0 saturated heterocycles. The van der Waals surface area contributed by atoms with Gasteiger partial charge in [0.15, 0.2) is 0 Å². The molecule has 0 atom stereocenters. The fourth-order valence-corrected chi connectivity index (χ4v) is 2.18. The van der Waals surface area contributed by atoms with E-state index in [1.807, 2.05) is 54.6 Å². The van der Waals surface area contributed by atoms with E-state index in [-0.39, 0.29) is 5.91 Å². The second-order valence-corrected chi connectivity index (χ2v) is 4.90. The second kappa shape index (κ2) is 6.76. The van der Waals surface area contributed by atoms with Crippen LogP contribution in [-0.2, 0) is 4.79 Å². The third kappa shape index (κ3) is 3.44. The second-order valence-electron chi connectivity index (χ2n) is 4.90. The summed E-state index contributed by atoms with van der Waals surface area (Å²) in [6.45, 7) is 0.516. The number of amides is 1. The van der Waals surface area contributed by atoms with Gasteiger partial charge in [-0.2, -0.15) is 0 Å². The van der Waals surface area contributed by atoms with E-state index in [1.54, 1.807) is 11.0 Å². The summed E-state index contributed by atoms with van der Waals surface area (Å²) in [4.78, 5) is 16.2. The quantitative estimate of drug-likeness (QED) is 0.711. The molecule has 0 aliphatic carbocycles. The maximum absolute atomic E-state index is 12.0. The Hall–Kier alpha value is -2.82. The summed E-state index contributed by atoms with van der Waals surface area (Å²) in [6, 6.07) is 17.2. The lowest BCUT2D eigenvalue weighted by atomic mass is 10.3. The highest BCUT2D eigenvalue weighted by Gasteiger charge is 2.05. The number of carbonyl (C=O) groups excluding carboxylic acids is 1. The molecule has 1 N–H and O–H groups in total. The van der Waals surface area contributed by atoms with Gasteiger partial charge in [0.1, 0.15) is 12.1 Å². The van der Waals surface area contributed by atoms with Gasteiger partial charge in [-0.15, -0.1) is 0 Å². The van der Waals surface area contributed by atoms with Gasteiger partial charge in [0.2, 0.25) is 5.91 Å². The Labute approximate surface area is 128 Å². The molecule has 0 saturated carbocycles. The minimum atomic E-state index is -0.0557. The first-order valence-electron chi connectivity index (χ1n) is 7.23. The van der Waals surface area contributed by atoms with Gasteiger partial charge in [0.25, 0.3) is 0 Å². The number of hydrogen-bond donors (Lipinski definition) is 1. The van der Waals surface area contributed by atoms with E-state index in [9.17, 15) is 4.79 Å². The molecule has 5 nitrogen and oxygen atoms in total. The van der Waals surface area contributed by atoms with Crippen molar-refractivity contribution in [1.82, 2.24) is 9.66 Å². The Morgan fingerprint density at radius 2 is 1.86 bits per heavy atom. The van der Waals surface area contributed by atoms with Crippen molar-refractivity contribution in [3.63, 3.8) is 0 Å². The third-order valence-electron chi connectivity index (χ3n) is 3.26.